The fraction of sp³-hybridized carbons (Fsp3) is 0.368. The molecule has 138 valence electrons. The Kier molecular flexibility index (Phi) is 4.54. The van der Waals surface area contributed by atoms with Crippen LogP contribution < -0.4 is 5.32 Å². The minimum atomic E-state index is -0.400. The van der Waals surface area contributed by atoms with E-state index in [1.165, 1.54) is 22.6 Å². The predicted octanol–water partition coefficient (Wildman–Crippen LogP) is 3.84. The summed E-state index contributed by atoms with van der Waals surface area (Å²) in [5.41, 5.74) is 4.01. The van der Waals surface area contributed by atoms with Crippen LogP contribution in [0.25, 0.3) is 11.3 Å². The average Bonchev–Trinajstić information content (AvgIpc) is 3.30. The Morgan fingerprint density at radius 1 is 1.37 bits per heavy atom. The second-order valence-electron chi connectivity index (χ2n) is 6.68. The number of carbonyl (C=O) groups excluding carboxylic acids is 1. The standard InChI is InChI=1S/C19H19N5O2S/c1-11-14(10-21-24(11)2)15-8-16(26-23-15)18(25)22-19-13(9-20)12-6-4-3-5-7-17(12)27-19/h8,10H,3-7H2,1-2H3,(H,22,25). The Bertz CT molecular complexity index is 1050. The molecule has 0 aromatic carbocycles. The highest BCUT2D eigenvalue weighted by atomic mass is 32.1. The van der Waals surface area contributed by atoms with Crippen molar-refractivity contribution in [3.05, 3.63) is 39.7 Å². The SMILES string of the molecule is Cc1c(-c2cc(C(=O)Nc3sc4c(c3C#N)CCCCC4)on2)cnn1C. The lowest BCUT2D eigenvalue weighted by atomic mass is 10.1. The number of hydrogen-bond acceptors (Lipinski definition) is 6. The van der Waals surface area contributed by atoms with Crippen LogP contribution in [0.3, 0.4) is 0 Å². The van der Waals surface area contributed by atoms with E-state index < -0.39 is 5.91 Å². The van der Waals surface area contributed by atoms with Crippen LogP contribution in [0.2, 0.25) is 0 Å². The molecule has 1 N–H and O–H groups in total. The highest BCUT2D eigenvalue weighted by molar-refractivity contribution is 7.16. The van der Waals surface area contributed by atoms with Crippen molar-refractivity contribution < 1.29 is 9.32 Å². The maximum absolute atomic E-state index is 12.6. The Balaban J connectivity index is 1.59. The molecule has 1 amide bonds. The molecule has 3 aromatic heterocycles. The first kappa shape index (κ1) is 17.5. The monoisotopic (exact) mass is 381 g/mol. The number of anilines is 1. The second kappa shape index (κ2) is 7.00. The summed E-state index contributed by atoms with van der Waals surface area (Å²) in [6, 6.07) is 3.87. The lowest BCUT2D eigenvalue weighted by Crippen LogP contribution is -2.10. The molecule has 7 nitrogen and oxygen atoms in total. The van der Waals surface area contributed by atoms with E-state index in [0.717, 1.165) is 42.5 Å². The van der Waals surface area contributed by atoms with Gasteiger partial charge in [0.15, 0.2) is 0 Å². The topological polar surface area (TPSA) is 96.7 Å². The second-order valence-corrected chi connectivity index (χ2v) is 7.78. The van der Waals surface area contributed by atoms with Crippen molar-refractivity contribution in [3.63, 3.8) is 0 Å². The highest BCUT2D eigenvalue weighted by Crippen LogP contribution is 2.37. The molecule has 4 rings (SSSR count). The summed E-state index contributed by atoms with van der Waals surface area (Å²) < 4.78 is 6.97. The molecule has 1 aliphatic rings. The first-order valence-electron chi connectivity index (χ1n) is 8.90. The molecule has 3 aromatic rings. The summed E-state index contributed by atoms with van der Waals surface area (Å²) in [7, 11) is 1.84. The smallest absolute Gasteiger partial charge is 0.294 e. The average molecular weight is 381 g/mol. The van der Waals surface area contributed by atoms with Gasteiger partial charge in [-0.25, -0.2) is 0 Å². The minimum absolute atomic E-state index is 0.112. The number of amides is 1. The molecule has 0 aliphatic heterocycles. The molecule has 3 heterocycles. The molecule has 0 spiro atoms. The van der Waals surface area contributed by atoms with Crippen molar-refractivity contribution in [2.75, 3.05) is 5.32 Å². The number of hydrogen-bond donors (Lipinski definition) is 1. The molecule has 0 radical (unpaired) electrons. The van der Waals surface area contributed by atoms with Crippen molar-refractivity contribution in [2.24, 2.45) is 7.05 Å². The fourth-order valence-corrected chi connectivity index (χ4v) is 4.61. The molecule has 27 heavy (non-hydrogen) atoms. The molecular weight excluding hydrogens is 362 g/mol. The summed E-state index contributed by atoms with van der Waals surface area (Å²) >= 11 is 1.50. The lowest BCUT2D eigenvalue weighted by molar-refractivity contribution is 0.0988. The summed E-state index contributed by atoms with van der Waals surface area (Å²) in [6.45, 7) is 1.93. The van der Waals surface area contributed by atoms with Gasteiger partial charge < -0.3 is 9.84 Å². The Hall–Kier alpha value is -2.92. The van der Waals surface area contributed by atoms with Gasteiger partial charge in [0.25, 0.3) is 5.91 Å². The van der Waals surface area contributed by atoms with E-state index in [0.29, 0.717) is 16.3 Å². The molecule has 0 fully saturated rings. The van der Waals surface area contributed by atoms with E-state index in [4.69, 9.17) is 4.52 Å². The number of nitrogens with zero attached hydrogens (tertiary/aromatic N) is 4. The summed E-state index contributed by atoms with van der Waals surface area (Å²) in [5.74, 6) is -0.288. The van der Waals surface area contributed by atoms with E-state index in [-0.39, 0.29) is 5.76 Å². The normalized spacial score (nSPS) is 13.7. The molecule has 0 saturated carbocycles. The quantitative estimate of drug-likeness (QED) is 0.695. The number of fused-ring (bicyclic) bond motifs is 1. The number of carbonyl (C=O) groups is 1. The predicted molar refractivity (Wildman–Crippen MR) is 102 cm³/mol. The van der Waals surface area contributed by atoms with E-state index in [9.17, 15) is 10.1 Å². The van der Waals surface area contributed by atoms with Crippen LogP contribution in [0.1, 0.15) is 51.5 Å². The lowest BCUT2D eigenvalue weighted by Gasteiger charge is -2.01. The van der Waals surface area contributed by atoms with Crippen molar-refractivity contribution in [1.29, 1.82) is 5.26 Å². The van der Waals surface area contributed by atoms with Gasteiger partial charge in [0.05, 0.1) is 11.8 Å². The Labute approximate surface area is 160 Å². The van der Waals surface area contributed by atoms with Gasteiger partial charge in [0.2, 0.25) is 5.76 Å². The van der Waals surface area contributed by atoms with Crippen LogP contribution in [-0.2, 0) is 19.9 Å². The van der Waals surface area contributed by atoms with Crippen molar-refractivity contribution in [1.82, 2.24) is 14.9 Å². The van der Waals surface area contributed by atoms with E-state index in [2.05, 4.69) is 21.6 Å². The van der Waals surface area contributed by atoms with E-state index in [1.54, 1.807) is 16.9 Å². The Morgan fingerprint density at radius 3 is 2.93 bits per heavy atom. The molecule has 0 bridgehead atoms. The van der Waals surface area contributed by atoms with Crippen LogP contribution in [0.5, 0.6) is 0 Å². The third-order valence-corrected chi connectivity index (χ3v) is 6.21. The van der Waals surface area contributed by atoms with Crippen LogP contribution in [-0.4, -0.2) is 20.8 Å². The van der Waals surface area contributed by atoms with Gasteiger partial charge >= 0.3 is 0 Å². The first-order chi connectivity index (χ1) is 13.1. The summed E-state index contributed by atoms with van der Waals surface area (Å²) in [4.78, 5) is 13.8. The maximum atomic E-state index is 12.6. The van der Waals surface area contributed by atoms with E-state index in [1.807, 2.05) is 14.0 Å². The maximum Gasteiger partial charge on any atom is 0.294 e. The number of nitriles is 1. The highest BCUT2D eigenvalue weighted by Gasteiger charge is 2.23. The van der Waals surface area contributed by atoms with Gasteiger partial charge in [-0.15, -0.1) is 11.3 Å². The zero-order valence-corrected chi connectivity index (χ0v) is 16.0. The molecular formula is C19H19N5O2S. The molecule has 8 heteroatoms. The number of aromatic nitrogens is 3. The zero-order valence-electron chi connectivity index (χ0n) is 15.2. The van der Waals surface area contributed by atoms with Gasteiger partial charge in [0.1, 0.15) is 16.8 Å². The zero-order chi connectivity index (χ0) is 19.0. The number of thiophene rings is 1. The van der Waals surface area contributed by atoms with Gasteiger partial charge in [-0.3, -0.25) is 9.48 Å². The van der Waals surface area contributed by atoms with Crippen LogP contribution in [0, 0.1) is 18.3 Å². The van der Waals surface area contributed by atoms with Crippen molar-refractivity contribution in [2.45, 2.75) is 39.0 Å². The third kappa shape index (κ3) is 3.15. The molecule has 0 unspecified atom stereocenters. The van der Waals surface area contributed by atoms with Gasteiger partial charge in [-0.05, 0) is 38.2 Å². The molecule has 1 aliphatic carbocycles. The third-order valence-electron chi connectivity index (χ3n) is 5.01. The van der Waals surface area contributed by atoms with Gasteiger partial charge in [-0.1, -0.05) is 11.6 Å². The number of aryl methyl sites for hydroxylation is 2. The number of rotatable bonds is 3. The molecule has 0 saturated heterocycles. The van der Waals surface area contributed by atoms with Gasteiger partial charge in [-0.2, -0.15) is 10.4 Å². The fourth-order valence-electron chi connectivity index (χ4n) is 3.37. The Morgan fingerprint density at radius 2 is 2.19 bits per heavy atom. The molecule has 0 atom stereocenters. The number of nitrogens with one attached hydrogen (secondary N) is 1. The van der Waals surface area contributed by atoms with Crippen LogP contribution >= 0.6 is 11.3 Å². The van der Waals surface area contributed by atoms with Crippen LogP contribution in [0.15, 0.2) is 16.8 Å². The summed E-state index contributed by atoms with van der Waals surface area (Å²) in [6.07, 6.45) is 6.96. The largest absolute Gasteiger partial charge is 0.350 e. The van der Waals surface area contributed by atoms with Crippen molar-refractivity contribution >= 4 is 22.2 Å². The first-order valence-corrected chi connectivity index (χ1v) is 9.71. The van der Waals surface area contributed by atoms with Crippen LogP contribution in [0.4, 0.5) is 5.00 Å². The van der Waals surface area contributed by atoms with Crippen molar-refractivity contribution in [3.8, 4) is 17.3 Å². The minimum Gasteiger partial charge on any atom is -0.350 e. The van der Waals surface area contributed by atoms with Gasteiger partial charge in [0, 0.05) is 29.2 Å². The van der Waals surface area contributed by atoms with E-state index >= 15 is 0 Å². The summed E-state index contributed by atoms with van der Waals surface area (Å²) in [5, 5.41) is 21.2.